The second-order valence-corrected chi connectivity index (χ2v) is 7.17. The van der Waals surface area contributed by atoms with Gasteiger partial charge in [-0.15, -0.1) is 11.6 Å². The topological polar surface area (TPSA) is 83.7 Å². The van der Waals surface area contributed by atoms with Crippen LogP contribution in [-0.2, 0) is 14.8 Å². The van der Waals surface area contributed by atoms with Crippen molar-refractivity contribution >= 4 is 27.5 Å². The first-order valence-corrected chi connectivity index (χ1v) is 8.64. The molecule has 19 heavy (non-hydrogen) atoms. The van der Waals surface area contributed by atoms with Crippen molar-refractivity contribution in [3.63, 3.8) is 0 Å². The van der Waals surface area contributed by atoms with Gasteiger partial charge in [0.15, 0.2) is 0 Å². The number of nitrogens with two attached hydrogens (primary N) is 1. The third-order valence-corrected chi connectivity index (χ3v) is 5.33. The molecule has 0 atom stereocenters. The molecule has 1 aliphatic rings. The van der Waals surface area contributed by atoms with Crippen molar-refractivity contribution < 1.29 is 13.2 Å². The molecule has 1 rings (SSSR count). The number of alkyl halides is 1. The summed E-state index contributed by atoms with van der Waals surface area (Å²) in [4.78, 5) is 12.8. The molecule has 1 saturated heterocycles. The van der Waals surface area contributed by atoms with E-state index in [1.165, 1.54) is 4.31 Å². The molecule has 0 spiro atoms. The number of hydrogen-bond acceptors (Lipinski definition) is 4. The molecule has 8 heteroatoms. The monoisotopic (exact) mass is 311 g/mol. The molecular formula is C11H22ClN3O3S. The Labute approximate surface area is 119 Å². The molecule has 6 nitrogen and oxygen atoms in total. The number of halogens is 1. The van der Waals surface area contributed by atoms with Gasteiger partial charge in [-0.2, -0.15) is 0 Å². The first kappa shape index (κ1) is 16.7. The zero-order chi connectivity index (χ0) is 14.3. The molecule has 0 aliphatic carbocycles. The van der Waals surface area contributed by atoms with E-state index in [-0.39, 0.29) is 18.2 Å². The number of rotatable bonds is 7. The van der Waals surface area contributed by atoms with Gasteiger partial charge in [-0.1, -0.05) is 0 Å². The molecule has 0 saturated carbocycles. The van der Waals surface area contributed by atoms with E-state index in [0.29, 0.717) is 44.9 Å². The van der Waals surface area contributed by atoms with E-state index in [1.807, 2.05) is 4.90 Å². The maximum atomic E-state index is 12.1. The molecule has 112 valence electrons. The molecule has 1 heterocycles. The number of carbonyl (C=O) groups excluding carboxylic acids is 1. The van der Waals surface area contributed by atoms with Crippen LogP contribution in [0, 0.1) is 0 Å². The van der Waals surface area contributed by atoms with Crippen molar-refractivity contribution in [3.05, 3.63) is 0 Å². The Kier molecular flexibility index (Phi) is 7.06. The summed E-state index contributed by atoms with van der Waals surface area (Å²) in [6.45, 7) is 2.39. The predicted octanol–water partition coefficient (Wildman–Crippen LogP) is -0.172. The normalized spacial score (nSPS) is 19.2. The molecular weight excluding hydrogens is 290 g/mol. The highest BCUT2D eigenvalue weighted by Crippen LogP contribution is 2.10. The number of primary amides is 1. The predicted molar refractivity (Wildman–Crippen MR) is 75.6 cm³/mol. The van der Waals surface area contributed by atoms with Gasteiger partial charge in [0, 0.05) is 25.5 Å². The highest BCUT2D eigenvalue weighted by atomic mass is 35.5. The first-order chi connectivity index (χ1) is 8.95. The van der Waals surface area contributed by atoms with Crippen LogP contribution in [0.1, 0.15) is 19.3 Å². The fraction of sp³-hybridized carbons (Fsp3) is 0.909. The van der Waals surface area contributed by atoms with Crippen LogP contribution in [0.4, 0.5) is 0 Å². The summed E-state index contributed by atoms with van der Waals surface area (Å²) in [5, 5.41) is 0. The lowest BCUT2D eigenvalue weighted by Crippen LogP contribution is -2.38. The Morgan fingerprint density at radius 3 is 2.53 bits per heavy atom. The van der Waals surface area contributed by atoms with Gasteiger partial charge >= 0.3 is 0 Å². The number of carbonyl (C=O) groups is 1. The van der Waals surface area contributed by atoms with Gasteiger partial charge in [-0.05, 0) is 25.8 Å². The second-order valence-electron chi connectivity index (χ2n) is 4.71. The van der Waals surface area contributed by atoms with Gasteiger partial charge in [0.05, 0.1) is 12.3 Å². The van der Waals surface area contributed by atoms with E-state index < -0.39 is 10.0 Å². The van der Waals surface area contributed by atoms with E-state index >= 15 is 0 Å². The van der Waals surface area contributed by atoms with Gasteiger partial charge < -0.3 is 5.73 Å². The summed E-state index contributed by atoms with van der Waals surface area (Å²) in [5.41, 5.74) is 5.15. The minimum Gasteiger partial charge on any atom is -0.369 e. The largest absolute Gasteiger partial charge is 0.369 e. The van der Waals surface area contributed by atoms with E-state index in [2.05, 4.69) is 0 Å². The standard InChI is InChI=1S/C11H22ClN3O3S/c12-4-1-2-9-19(17,18)15-6-3-5-14(7-8-15)10-11(13)16/h1-10H2,(H2,13,16). The van der Waals surface area contributed by atoms with Crippen molar-refractivity contribution in [2.45, 2.75) is 19.3 Å². The molecule has 1 amide bonds. The molecule has 1 aliphatic heterocycles. The molecule has 0 bridgehead atoms. The Morgan fingerprint density at radius 1 is 1.16 bits per heavy atom. The number of unbranched alkanes of at least 4 members (excludes halogenated alkanes) is 1. The second kappa shape index (κ2) is 8.04. The van der Waals surface area contributed by atoms with Crippen LogP contribution in [0.15, 0.2) is 0 Å². The van der Waals surface area contributed by atoms with Gasteiger partial charge in [0.25, 0.3) is 0 Å². The lowest BCUT2D eigenvalue weighted by atomic mass is 10.4. The van der Waals surface area contributed by atoms with Crippen LogP contribution in [0.25, 0.3) is 0 Å². The number of hydrogen-bond donors (Lipinski definition) is 1. The van der Waals surface area contributed by atoms with Crippen molar-refractivity contribution in [1.29, 1.82) is 0 Å². The van der Waals surface area contributed by atoms with Crippen LogP contribution in [0.3, 0.4) is 0 Å². The summed E-state index contributed by atoms with van der Waals surface area (Å²) < 4.78 is 25.7. The smallest absolute Gasteiger partial charge is 0.231 e. The number of amides is 1. The van der Waals surface area contributed by atoms with Crippen LogP contribution < -0.4 is 5.73 Å². The zero-order valence-electron chi connectivity index (χ0n) is 11.1. The molecule has 0 aromatic carbocycles. The van der Waals surface area contributed by atoms with E-state index in [1.54, 1.807) is 0 Å². The van der Waals surface area contributed by atoms with E-state index in [9.17, 15) is 13.2 Å². The Balaban J connectivity index is 2.49. The van der Waals surface area contributed by atoms with Gasteiger partial charge in [-0.25, -0.2) is 12.7 Å². The molecule has 0 aromatic rings. The Hall–Kier alpha value is -0.370. The molecule has 1 fully saturated rings. The van der Waals surface area contributed by atoms with Crippen molar-refractivity contribution in [2.75, 3.05) is 44.4 Å². The quantitative estimate of drug-likeness (QED) is 0.522. The lowest BCUT2D eigenvalue weighted by Gasteiger charge is -2.20. The molecule has 0 radical (unpaired) electrons. The van der Waals surface area contributed by atoms with Crippen LogP contribution in [-0.4, -0.2) is 67.9 Å². The maximum Gasteiger partial charge on any atom is 0.231 e. The van der Waals surface area contributed by atoms with Crippen molar-refractivity contribution in [1.82, 2.24) is 9.21 Å². The van der Waals surface area contributed by atoms with Gasteiger partial charge in [-0.3, -0.25) is 9.69 Å². The summed E-state index contributed by atoms with van der Waals surface area (Å²) in [6, 6.07) is 0. The summed E-state index contributed by atoms with van der Waals surface area (Å²) in [5.74, 6) is 0.260. The maximum absolute atomic E-state index is 12.1. The third kappa shape index (κ3) is 6.07. The zero-order valence-corrected chi connectivity index (χ0v) is 12.6. The van der Waals surface area contributed by atoms with Crippen LogP contribution in [0.2, 0.25) is 0 Å². The number of nitrogens with zero attached hydrogens (tertiary/aromatic N) is 2. The Bertz CT molecular complexity index is 389. The molecule has 2 N–H and O–H groups in total. The minimum absolute atomic E-state index is 0.148. The van der Waals surface area contributed by atoms with E-state index in [4.69, 9.17) is 17.3 Å². The van der Waals surface area contributed by atoms with Gasteiger partial charge in [0.1, 0.15) is 0 Å². The lowest BCUT2D eigenvalue weighted by molar-refractivity contribution is -0.119. The summed E-state index contributed by atoms with van der Waals surface area (Å²) >= 11 is 5.55. The van der Waals surface area contributed by atoms with Crippen LogP contribution in [0.5, 0.6) is 0 Å². The molecule has 0 aromatic heterocycles. The third-order valence-electron chi connectivity index (χ3n) is 3.11. The molecule has 0 unspecified atom stereocenters. The highest BCUT2D eigenvalue weighted by molar-refractivity contribution is 7.89. The Morgan fingerprint density at radius 2 is 1.89 bits per heavy atom. The SMILES string of the molecule is NC(=O)CN1CCCN(S(=O)(=O)CCCCCl)CC1. The van der Waals surface area contributed by atoms with Crippen molar-refractivity contribution in [3.8, 4) is 0 Å². The minimum atomic E-state index is -3.20. The van der Waals surface area contributed by atoms with E-state index in [0.717, 1.165) is 6.42 Å². The van der Waals surface area contributed by atoms with Crippen molar-refractivity contribution in [2.24, 2.45) is 5.73 Å². The van der Waals surface area contributed by atoms with Crippen LogP contribution >= 0.6 is 11.6 Å². The average molecular weight is 312 g/mol. The fourth-order valence-corrected chi connectivity index (χ4v) is 3.90. The highest BCUT2D eigenvalue weighted by Gasteiger charge is 2.24. The number of sulfonamides is 1. The van der Waals surface area contributed by atoms with Gasteiger partial charge in [0.2, 0.25) is 15.9 Å². The summed E-state index contributed by atoms with van der Waals surface area (Å²) in [7, 11) is -3.20. The first-order valence-electron chi connectivity index (χ1n) is 6.50. The fourth-order valence-electron chi connectivity index (χ4n) is 2.11. The average Bonchev–Trinajstić information content (AvgIpc) is 2.54. The summed E-state index contributed by atoms with van der Waals surface area (Å²) in [6.07, 6.45) is 2.03.